The van der Waals surface area contributed by atoms with Crippen LogP contribution in [0.15, 0.2) is 30.3 Å². The third-order valence-electron chi connectivity index (χ3n) is 5.12. The van der Waals surface area contributed by atoms with Gasteiger partial charge in [-0.25, -0.2) is 0 Å². The molecular formula is C18H27N3O2. The zero-order chi connectivity index (χ0) is 16.1. The van der Waals surface area contributed by atoms with Gasteiger partial charge in [0.15, 0.2) is 0 Å². The number of benzene rings is 1. The molecule has 2 saturated heterocycles. The number of amides is 1. The first kappa shape index (κ1) is 16.3. The average Bonchev–Trinajstić information content (AvgIpc) is 2.89. The molecule has 2 N–H and O–H groups in total. The Hall–Kier alpha value is -1.59. The Morgan fingerprint density at radius 1 is 1.35 bits per heavy atom. The van der Waals surface area contributed by atoms with E-state index in [-0.39, 0.29) is 11.9 Å². The van der Waals surface area contributed by atoms with Crippen molar-refractivity contribution in [3.05, 3.63) is 30.3 Å². The van der Waals surface area contributed by atoms with Gasteiger partial charge in [0.2, 0.25) is 5.91 Å². The highest BCUT2D eigenvalue weighted by molar-refractivity contribution is 5.82. The van der Waals surface area contributed by atoms with Crippen molar-refractivity contribution in [1.29, 1.82) is 0 Å². The topological polar surface area (TPSA) is 53.6 Å². The van der Waals surface area contributed by atoms with Crippen LogP contribution in [0.3, 0.4) is 0 Å². The number of carbonyl (C=O) groups is 1. The summed E-state index contributed by atoms with van der Waals surface area (Å²) in [7, 11) is 2.07. The van der Waals surface area contributed by atoms with E-state index in [1.165, 1.54) is 12.8 Å². The number of piperidine rings is 1. The van der Waals surface area contributed by atoms with Crippen LogP contribution in [0.4, 0.5) is 0 Å². The maximum Gasteiger partial charge on any atom is 0.237 e. The zero-order valence-electron chi connectivity index (χ0n) is 13.9. The SMILES string of the molecule is CN1CC2(CCNCC2)C[C@H]1C(=O)NCCOc1ccccc1. The molecule has 23 heavy (non-hydrogen) atoms. The molecule has 3 rings (SSSR count). The van der Waals surface area contributed by atoms with Crippen molar-refractivity contribution in [3.8, 4) is 5.75 Å². The summed E-state index contributed by atoms with van der Waals surface area (Å²) in [6, 6.07) is 9.70. The molecule has 5 heteroatoms. The Morgan fingerprint density at radius 2 is 2.09 bits per heavy atom. The van der Waals surface area contributed by atoms with Crippen LogP contribution in [-0.4, -0.2) is 56.7 Å². The molecule has 2 fully saturated rings. The van der Waals surface area contributed by atoms with Gasteiger partial charge in [0.05, 0.1) is 12.6 Å². The predicted molar refractivity (Wildman–Crippen MR) is 90.5 cm³/mol. The van der Waals surface area contributed by atoms with Gasteiger partial charge in [-0.3, -0.25) is 9.69 Å². The van der Waals surface area contributed by atoms with Gasteiger partial charge in [0.1, 0.15) is 12.4 Å². The molecule has 2 heterocycles. The Balaban J connectivity index is 1.43. The Labute approximate surface area is 138 Å². The highest BCUT2D eigenvalue weighted by Crippen LogP contribution is 2.41. The Bertz CT molecular complexity index is 514. The number of nitrogens with one attached hydrogen (secondary N) is 2. The number of rotatable bonds is 5. The molecule has 0 aromatic heterocycles. The molecule has 1 aromatic carbocycles. The van der Waals surface area contributed by atoms with Crippen LogP contribution in [0, 0.1) is 5.41 Å². The van der Waals surface area contributed by atoms with Crippen LogP contribution in [0.5, 0.6) is 5.75 Å². The van der Waals surface area contributed by atoms with Crippen LogP contribution in [0.1, 0.15) is 19.3 Å². The van der Waals surface area contributed by atoms with E-state index in [1.807, 2.05) is 30.3 Å². The summed E-state index contributed by atoms with van der Waals surface area (Å²) in [5.74, 6) is 0.980. The third kappa shape index (κ3) is 4.03. The maximum absolute atomic E-state index is 12.5. The van der Waals surface area contributed by atoms with E-state index < -0.39 is 0 Å². The monoisotopic (exact) mass is 317 g/mol. The molecule has 2 aliphatic rings. The molecule has 0 bridgehead atoms. The minimum Gasteiger partial charge on any atom is -0.492 e. The van der Waals surface area contributed by atoms with Crippen LogP contribution in [0.2, 0.25) is 0 Å². The summed E-state index contributed by atoms with van der Waals surface area (Å²) in [4.78, 5) is 14.7. The lowest BCUT2D eigenvalue weighted by Crippen LogP contribution is -2.42. The van der Waals surface area contributed by atoms with Crippen LogP contribution in [-0.2, 0) is 4.79 Å². The lowest BCUT2D eigenvalue weighted by atomic mass is 9.77. The van der Waals surface area contributed by atoms with Crippen molar-refractivity contribution >= 4 is 5.91 Å². The molecule has 5 nitrogen and oxygen atoms in total. The van der Waals surface area contributed by atoms with Crippen LogP contribution in [0.25, 0.3) is 0 Å². The number of likely N-dealkylation sites (tertiary alicyclic amines) is 1. The molecule has 0 aliphatic carbocycles. The fourth-order valence-corrected chi connectivity index (χ4v) is 3.86. The van der Waals surface area contributed by atoms with Crippen molar-refractivity contribution in [2.24, 2.45) is 5.41 Å². The predicted octanol–water partition coefficient (Wildman–Crippen LogP) is 1.26. The van der Waals surface area contributed by atoms with Crippen molar-refractivity contribution < 1.29 is 9.53 Å². The third-order valence-corrected chi connectivity index (χ3v) is 5.12. The van der Waals surface area contributed by atoms with E-state index in [9.17, 15) is 4.79 Å². The number of para-hydroxylation sites is 1. The van der Waals surface area contributed by atoms with Crippen molar-refractivity contribution in [2.75, 3.05) is 39.8 Å². The van der Waals surface area contributed by atoms with Crippen molar-refractivity contribution in [2.45, 2.75) is 25.3 Å². The normalized spacial score (nSPS) is 23.8. The maximum atomic E-state index is 12.5. The van der Waals surface area contributed by atoms with Gasteiger partial charge in [0, 0.05) is 6.54 Å². The second-order valence-corrected chi connectivity index (χ2v) is 6.84. The number of hydrogen-bond donors (Lipinski definition) is 2. The summed E-state index contributed by atoms with van der Waals surface area (Å²) < 4.78 is 5.62. The zero-order valence-corrected chi connectivity index (χ0v) is 13.9. The van der Waals surface area contributed by atoms with E-state index in [2.05, 4.69) is 22.6 Å². The van der Waals surface area contributed by atoms with Gasteiger partial charge < -0.3 is 15.4 Å². The first-order valence-electron chi connectivity index (χ1n) is 8.55. The van der Waals surface area contributed by atoms with Crippen LogP contribution >= 0.6 is 0 Å². The number of hydrogen-bond acceptors (Lipinski definition) is 4. The Morgan fingerprint density at radius 3 is 2.83 bits per heavy atom. The largest absolute Gasteiger partial charge is 0.492 e. The molecule has 1 aromatic rings. The molecule has 2 aliphatic heterocycles. The van der Waals surface area contributed by atoms with E-state index in [0.717, 1.165) is 31.8 Å². The highest BCUT2D eigenvalue weighted by atomic mass is 16.5. The van der Waals surface area contributed by atoms with E-state index in [4.69, 9.17) is 4.74 Å². The number of nitrogens with zero attached hydrogens (tertiary/aromatic N) is 1. The second kappa shape index (κ2) is 7.32. The van der Waals surface area contributed by atoms with Gasteiger partial charge in [-0.15, -0.1) is 0 Å². The lowest BCUT2D eigenvalue weighted by Gasteiger charge is -2.33. The van der Waals surface area contributed by atoms with E-state index in [0.29, 0.717) is 18.6 Å². The molecule has 1 amide bonds. The van der Waals surface area contributed by atoms with Gasteiger partial charge >= 0.3 is 0 Å². The molecule has 0 unspecified atom stereocenters. The Kier molecular flexibility index (Phi) is 5.18. The number of likely N-dealkylation sites (N-methyl/N-ethyl adjacent to an activating group) is 1. The standard InChI is InChI=1S/C18H27N3O2/c1-21-14-18(7-9-19-10-8-18)13-16(21)17(22)20-11-12-23-15-5-3-2-4-6-15/h2-6,16,19H,7-14H2,1H3,(H,20,22)/t16-/m0/s1. The quantitative estimate of drug-likeness (QED) is 0.803. The fraction of sp³-hybridized carbons (Fsp3) is 0.611. The molecule has 1 atom stereocenters. The smallest absolute Gasteiger partial charge is 0.237 e. The molecular weight excluding hydrogens is 290 g/mol. The number of carbonyl (C=O) groups excluding carboxylic acids is 1. The second-order valence-electron chi connectivity index (χ2n) is 6.84. The molecule has 126 valence electrons. The first-order valence-corrected chi connectivity index (χ1v) is 8.55. The van der Waals surface area contributed by atoms with Crippen LogP contribution < -0.4 is 15.4 Å². The molecule has 1 spiro atoms. The minimum atomic E-state index is 0.00447. The first-order chi connectivity index (χ1) is 11.2. The van der Waals surface area contributed by atoms with Gasteiger partial charge in [0.25, 0.3) is 0 Å². The minimum absolute atomic E-state index is 0.00447. The summed E-state index contributed by atoms with van der Waals surface area (Å²) in [6.07, 6.45) is 3.34. The summed E-state index contributed by atoms with van der Waals surface area (Å²) in [5, 5.41) is 6.44. The van der Waals surface area contributed by atoms with Gasteiger partial charge in [-0.05, 0) is 56.9 Å². The summed E-state index contributed by atoms with van der Waals surface area (Å²) in [6.45, 7) is 4.24. The number of ether oxygens (including phenoxy) is 1. The fourth-order valence-electron chi connectivity index (χ4n) is 3.86. The lowest BCUT2D eigenvalue weighted by molar-refractivity contribution is -0.125. The van der Waals surface area contributed by atoms with Gasteiger partial charge in [-0.1, -0.05) is 18.2 Å². The van der Waals surface area contributed by atoms with Gasteiger partial charge in [-0.2, -0.15) is 0 Å². The highest BCUT2D eigenvalue weighted by Gasteiger charge is 2.45. The molecule has 0 radical (unpaired) electrons. The van der Waals surface area contributed by atoms with E-state index in [1.54, 1.807) is 0 Å². The summed E-state index contributed by atoms with van der Waals surface area (Å²) in [5.41, 5.74) is 0.336. The van der Waals surface area contributed by atoms with Crippen molar-refractivity contribution in [3.63, 3.8) is 0 Å². The van der Waals surface area contributed by atoms with E-state index >= 15 is 0 Å². The molecule has 0 saturated carbocycles. The summed E-state index contributed by atoms with van der Waals surface area (Å²) >= 11 is 0. The van der Waals surface area contributed by atoms with Crippen molar-refractivity contribution in [1.82, 2.24) is 15.5 Å². The average molecular weight is 317 g/mol.